The summed E-state index contributed by atoms with van der Waals surface area (Å²) >= 11 is 1.48. The first-order valence-electron chi connectivity index (χ1n) is 7.81. The van der Waals surface area contributed by atoms with Crippen LogP contribution < -0.4 is 4.90 Å². The van der Waals surface area contributed by atoms with Crippen LogP contribution in [0.15, 0.2) is 12.2 Å². The number of carbonyl (C=O) groups is 2. The van der Waals surface area contributed by atoms with E-state index in [2.05, 4.69) is 18.2 Å². The lowest BCUT2D eigenvalue weighted by Crippen LogP contribution is -2.32. The molecule has 110 valence electrons. The number of fused-ring (bicyclic) bond motifs is 6. The Hall–Kier alpha value is -1.93. The van der Waals surface area contributed by atoms with Gasteiger partial charge in [0.1, 0.15) is 11.1 Å². The zero-order valence-electron chi connectivity index (χ0n) is 11.9. The van der Waals surface area contributed by atoms with Crippen molar-refractivity contribution in [3.05, 3.63) is 28.2 Å². The van der Waals surface area contributed by atoms with Crippen molar-refractivity contribution in [1.29, 1.82) is 5.26 Å². The minimum atomic E-state index is -0.189. The van der Waals surface area contributed by atoms with Gasteiger partial charge in [-0.25, -0.2) is 4.90 Å². The van der Waals surface area contributed by atoms with Crippen molar-refractivity contribution in [3.63, 3.8) is 0 Å². The van der Waals surface area contributed by atoms with Crippen LogP contribution in [0, 0.1) is 35.0 Å². The summed E-state index contributed by atoms with van der Waals surface area (Å²) in [6.45, 7) is 0. The second-order valence-corrected chi connectivity index (χ2v) is 7.74. The Morgan fingerprint density at radius 3 is 2.45 bits per heavy atom. The van der Waals surface area contributed by atoms with E-state index in [4.69, 9.17) is 0 Å². The molecule has 0 aromatic carbocycles. The third-order valence-corrected chi connectivity index (χ3v) is 6.96. The van der Waals surface area contributed by atoms with Gasteiger partial charge in [-0.3, -0.25) is 9.59 Å². The number of aryl methyl sites for hydroxylation is 1. The first-order valence-corrected chi connectivity index (χ1v) is 8.63. The molecule has 1 aliphatic heterocycles. The van der Waals surface area contributed by atoms with E-state index in [1.165, 1.54) is 21.1 Å². The van der Waals surface area contributed by atoms with Gasteiger partial charge in [-0.1, -0.05) is 12.2 Å². The minimum absolute atomic E-state index is 0.0803. The molecule has 0 spiro atoms. The fraction of sp³-hybridized carbons (Fsp3) is 0.471. The van der Waals surface area contributed by atoms with Crippen LogP contribution in [0.25, 0.3) is 0 Å². The Morgan fingerprint density at radius 1 is 1.14 bits per heavy atom. The van der Waals surface area contributed by atoms with Crippen molar-refractivity contribution >= 4 is 28.2 Å². The Kier molecular flexibility index (Phi) is 2.34. The second-order valence-electron chi connectivity index (χ2n) is 6.66. The lowest BCUT2D eigenvalue weighted by Gasteiger charge is -2.16. The van der Waals surface area contributed by atoms with E-state index in [1.807, 2.05) is 0 Å². The van der Waals surface area contributed by atoms with Gasteiger partial charge < -0.3 is 0 Å². The van der Waals surface area contributed by atoms with E-state index in [0.29, 0.717) is 10.6 Å². The Labute approximate surface area is 132 Å². The molecule has 4 nitrogen and oxygen atoms in total. The number of allylic oxidation sites excluding steroid dienone is 2. The Bertz CT molecular complexity index is 770. The van der Waals surface area contributed by atoms with Crippen LogP contribution in [0.3, 0.4) is 0 Å². The Morgan fingerprint density at radius 2 is 1.82 bits per heavy atom. The predicted octanol–water partition coefficient (Wildman–Crippen LogP) is 2.42. The van der Waals surface area contributed by atoms with Crippen LogP contribution in [-0.2, 0) is 22.4 Å². The third kappa shape index (κ3) is 1.32. The van der Waals surface area contributed by atoms with Crippen LogP contribution in [0.2, 0.25) is 0 Å². The number of nitrogens with zero attached hydrogens (tertiary/aromatic N) is 2. The molecule has 1 aromatic heterocycles. The first-order chi connectivity index (χ1) is 10.7. The van der Waals surface area contributed by atoms with Gasteiger partial charge in [0, 0.05) is 4.88 Å². The van der Waals surface area contributed by atoms with Crippen LogP contribution in [0.5, 0.6) is 0 Å². The summed E-state index contributed by atoms with van der Waals surface area (Å²) in [7, 11) is 0. The summed E-state index contributed by atoms with van der Waals surface area (Å²) in [5.41, 5.74) is 1.64. The molecule has 1 saturated carbocycles. The zero-order valence-corrected chi connectivity index (χ0v) is 12.7. The highest BCUT2D eigenvalue weighted by molar-refractivity contribution is 7.17. The average Bonchev–Trinajstić information content (AvgIpc) is 3.26. The average molecular weight is 310 g/mol. The quantitative estimate of drug-likeness (QED) is 0.591. The molecule has 22 heavy (non-hydrogen) atoms. The van der Waals surface area contributed by atoms with Gasteiger partial charge in [-0.15, -0.1) is 11.3 Å². The standard InChI is InChI=1S/C17H14N2O2S/c18-7-11-10-2-1-3-12(10)22-17(11)19-15(20)13-8-4-5-9(6-8)14(13)16(19)21/h4-5,8-9,13-14H,1-3,6H2/t8-,9+,13+,14-. The van der Waals surface area contributed by atoms with Crippen LogP contribution >= 0.6 is 11.3 Å². The third-order valence-electron chi connectivity index (χ3n) is 5.69. The van der Waals surface area contributed by atoms with E-state index >= 15 is 0 Å². The van der Waals surface area contributed by atoms with Crippen molar-refractivity contribution in [3.8, 4) is 6.07 Å². The summed E-state index contributed by atoms with van der Waals surface area (Å²) in [4.78, 5) is 28.2. The summed E-state index contributed by atoms with van der Waals surface area (Å²) < 4.78 is 0. The number of carbonyl (C=O) groups excluding carboxylic acids is 2. The van der Waals surface area contributed by atoms with E-state index < -0.39 is 0 Å². The van der Waals surface area contributed by atoms with Gasteiger partial charge in [0.25, 0.3) is 0 Å². The van der Waals surface area contributed by atoms with Crippen LogP contribution in [-0.4, -0.2) is 11.8 Å². The molecule has 2 amide bonds. The van der Waals surface area contributed by atoms with Crippen molar-refractivity contribution < 1.29 is 9.59 Å². The summed E-state index contributed by atoms with van der Waals surface area (Å²) in [6.07, 6.45) is 8.06. The largest absolute Gasteiger partial charge is 0.274 e. The van der Waals surface area contributed by atoms with Gasteiger partial charge in [0.2, 0.25) is 11.8 Å². The molecule has 2 fully saturated rings. The summed E-state index contributed by atoms with van der Waals surface area (Å²) in [6, 6.07) is 2.25. The van der Waals surface area contributed by atoms with E-state index in [9.17, 15) is 14.9 Å². The molecule has 1 aromatic rings. The molecule has 4 aliphatic rings. The Balaban J connectivity index is 1.62. The monoisotopic (exact) mass is 310 g/mol. The number of hydrogen-bond acceptors (Lipinski definition) is 4. The summed E-state index contributed by atoms with van der Waals surface area (Å²) in [5.74, 6) is -0.105. The maximum absolute atomic E-state index is 12.9. The molecule has 5 rings (SSSR count). The van der Waals surface area contributed by atoms with Gasteiger partial charge in [-0.05, 0) is 43.1 Å². The molecule has 3 aliphatic carbocycles. The second kappa shape index (κ2) is 4.08. The number of imide groups is 1. The van der Waals surface area contributed by atoms with Gasteiger partial charge in [0.15, 0.2) is 0 Å². The molecule has 2 bridgehead atoms. The number of anilines is 1. The fourth-order valence-corrected chi connectivity index (χ4v) is 6.11. The first kappa shape index (κ1) is 12.6. The SMILES string of the molecule is N#Cc1c(N2C(=O)[C@@H]3[C@H](C2=O)[C@H]2C=C[C@@H]3C2)sc2c1CCC2. The molecular formula is C17H14N2O2S. The topological polar surface area (TPSA) is 61.2 Å². The van der Waals surface area contributed by atoms with Crippen molar-refractivity contribution in [2.24, 2.45) is 23.7 Å². The molecule has 5 heteroatoms. The molecule has 0 unspecified atom stereocenters. The van der Waals surface area contributed by atoms with Crippen molar-refractivity contribution in [2.45, 2.75) is 25.7 Å². The summed E-state index contributed by atoms with van der Waals surface area (Å²) in [5, 5.41) is 10.1. The maximum Gasteiger partial charge on any atom is 0.238 e. The number of thiophene rings is 1. The highest BCUT2D eigenvalue weighted by Crippen LogP contribution is 2.54. The molecule has 2 heterocycles. The van der Waals surface area contributed by atoms with Crippen molar-refractivity contribution in [2.75, 3.05) is 4.90 Å². The molecule has 0 radical (unpaired) electrons. The normalized spacial score (nSPS) is 34.4. The highest BCUT2D eigenvalue weighted by atomic mass is 32.1. The number of nitriles is 1. The van der Waals surface area contributed by atoms with Crippen LogP contribution in [0.4, 0.5) is 5.00 Å². The predicted molar refractivity (Wildman–Crippen MR) is 81.3 cm³/mol. The fourth-order valence-electron chi connectivity index (χ4n) is 4.77. The lowest BCUT2D eigenvalue weighted by atomic mass is 9.85. The zero-order chi connectivity index (χ0) is 15.0. The molecule has 0 N–H and O–H groups in total. The highest BCUT2D eigenvalue weighted by Gasteiger charge is 2.60. The smallest absolute Gasteiger partial charge is 0.238 e. The number of rotatable bonds is 1. The van der Waals surface area contributed by atoms with E-state index in [-0.39, 0.29) is 35.5 Å². The number of amides is 2. The lowest BCUT2D eigenvalue weighted by molar-refractivity contribution is -0.123. The molecule has 4 atom stereocenters. The van der Waals surface area contributed by atoms with Gasteiger partial charge >= 0.3 is 0 Å². The van der Waals surface area contributed by atoms with Crippen molar-refractivity contribution in [1.82, 2.24) is 0 Å². The van der Waals surface area contributed by atoms with Gasteiger partial charge in [-0.2, -0.15) is 5.26 Å². The maximum atomic E-state index is 12.9. The minimum Gasteiger partial charge on any atom is -0.274 e. The van der Waals surface area contributed by atoms with Gasteiger partial charge in [0.05, 0.1) is 17.4 Å². The van der Waals surface area contributed by atoms with E-state index in [0.717, 1.165) is 31.2 Å². The molecule has 1 saturated heterocycles. The van der Waals surface area contributed by atoms with E-state index in [1.54, 1.807) is 0 Å². The molecular weight excluding hydrogens is 296 g/mol. The number of hydrogen-bond donors (Lipinski definition) is 0. The van der Waals surface area contributed by atoms with Crippen LogP contribution in [0.1, 0.15) is 28.8 Å².